The highest BCUT2D eigenvalue weighted by Crippen LogP contribution is 2.24. The van der Waals surface area contributed by atoms with Crippen LogP contribution < -0.4 is 5.32 Å². The number of thioether (sulfide) groups is 1. The van der Waals surface area contributed by atoms with Gasteiger partial charge in [0.05, 0.1) is 0 Å². The zero-order chi connectivity index (χ0) is 9.52. The van der Waals surface area contributed by atoms with Gasteiger partial charge in [-0.2, -0.15) is 11.8 Å². The molecule has 4 heteroatoms. The van der Waals surface area contributed by atoms with Crippen molar-refractivity contribution in [1.29, 1.82) is 0 Å². The van der Waals surface area contributed by atoms with E-state index < -0.39 is 0 Å². The molecule has 1 N–H and O–H groups in total. The normalized spacial score (nSPS) is 18.5. The lowest BCUT2D eigenvalue weighted by molar-refractivity contribution is -0.121. The largest absolute Gasteiger partial charge is 0.355 e. The van der Waals surface area contributed by atoms with E-state index in [9.17, 15) is 4.79 Å². The van der Waals surface area contributed by atoms with Gasteiger partial charge in [-0.15, -0.1) is 11.6 Å². The van der Waals surface area contributed by atoms with Crippen molar-refractivity contribution in [2.45, 2.75) is 19.3 Å². The van der Waals surface area contributed by atoms with Gasteiger partial charge in [0.1, 0.15) is 0 Å². The van der Waals surface area contributed by atoms with Crippen LogP contribution in [0.3, 0.4) is 0 Å². The van der Waals surface area contributed by atoms with Crippen LogP contribution >= 0.6 is 23.4 Å². The zero-order valence-corrected chi connectivity index (χ0v) is 9.29. The number of alkyl halides is 1. The monoisotopic (exact) mass is 221 g/mol. The van der Waals surface area contributed by atoms with Crippen LogP contribution in [-0.4, -0.2) is 29.8 Å². The van der Waals surface area contributed by atoms with Crippen molar-refractivity contribution in [3.8, 4) is 0 Å². The number of carbonyl (C=O) groups is 1. The van der Waals surface area contributed by atoms with Gasteiger partial charge in [0.2, 0.25) is 5.91 Å². The minimum Gasteiger partial charge on any atom is -0.355 e. The maximum absolute atomic E-state index is 11.3. The lowest BCUT2D eigenvalue weighted by Crippen LogP contribution is -2.28. The van der Waals surface area contributed by atoms with Crippen molar-refractivity contribution in [3.63, 3.8) is 0 Å². The third kappa shape index (κ3) is 4.77. The molecule has 0 bridgehead atoms. The molecule has 1 aliphatic heterocycles. The van der Waals surface area contributed by atoms with Gasteiger partial charge >= 0.3 is 0 Å². The first-order valence-electron chi connectivity index (χ1n) is 4.73. The predicted molar refractivity (Wildman–Crippen MR) is 58.4 cm³/mol. The summed E-state index contributed by atoms with van der Waals surface area (Å²) < 4.78 is 0. The Balaban J connectivity index is 2.11. The van der Waals surface area contributed by atoms with E-state index in [0.29, 0.717) is 24.8 Å². The maximum atomic E-state index is 11.3. The molecule has 1 amide bonds. The van der Waals surface area contributed by atoms with Crippen LogP contribution in [0.5, 0.6) is 0 Å². The lowest BCUT2D eigenvalue weighted by Gasteiger charge is -2.20. The summed E-state index contributed by atoms with van der Waals surface area (Å²) in [4.78, 5) is 11.3. The summed E-state index contributed by atoms with van der Waals surface area (Å²) in [5, 5.41) is 2.80. The van der Waals surface area contributed by atoms with Crippen LogP contribution in [0.15, 0.2) is 0 Å². The first kappa shape index (κ1) is 11.2. The predicted octanol–water partition coefficient (Wildman–Crippen LogP) is 1.87. The van der Waals surface area contributed by atoms with Gasteiger partial charge in [0.25, 0.3) is 0 Å². The fraction of sp³-hybridized carbons (Fsp3) is 0.889. The van der Waals surface area contributed by atoms with E-state index >= 15 is 0 Å². The highest BCUT2D eigenvalue weighted by Gasteiger charge is 2.16. The first-order chi connectivity index (χ1) is 6.33. The van der Waals surface area contributed by atoms with E-state index in [0.717, 1.165) is 0 Å². The van der Waals surface area contributed by atoms with Crippen LogP contribution in [0.25, 0.3) is 0 Å². The third-order valence-corrected chi connectivity index (χ3v) is 3.47. The standard InChI is InChI=1S/C9H16ClNOS/c10-3-4-11-9(12)7-8-1-5-13-6-2-8/h8H,1-7H2,(H,11,12). The Morgan fingerprint density at radius 2 is 2.15 bits per heavy atom. The van der Waals surface area contributed by atoms with Gasteiger partial charge in [0.15, 0.2) is 0 Å². The van der Waals surface area contributed by atoms with Crippen LogP contribution in [0, 0.1) is 5.92 Å². The molecular weight excluding hydrogens is 206 g/mol. The topological polar surface area (TPSA) is 29.1 Å². The van der Waals surface area contributed by atoms with E-state index in [2.05, 4.69) is 5.32 Å². The molecule has 1 heterocycles. The Bertz CT molecular complexity index is 160. The van der Waals surface area contributed by atoms with Crippen LogP contribution in [0.2, 0.25) is 0 Å². The molecule has 0 aliphatic carbocycles. The molecule has 76 valence electrons. The van der Waals surface area contributed by atoms with E-state index in [1.165, 1.54) is 24.3 Å². The second-order valence-electron chi connectivity index (χ2n) is 3.30. The summed E-state index contributed by atoms with van der Waals surface area (Å²) in [5.74, 6) is 3.71. The number of amides is 1. The molecule has 0 unspecified atom stereocenters. The molecule has 0 aromatic carbocycles. The van der Waals surface area contributed by atoms with Gasteiger partial charge in [-0.1, -0.05) is 0 Å². The molecule has 1 aliphatic rings. The highest BCUT2D eigenvalue weighted by molar-refractivity contribution is 7.99. The molecule has 0 aromatic rings. The molecule has 1 saturated heterocycles. The van der Waals surface area contributed by atoms with Crippen LogP contribution in [0.1, 0.15) is 19.3 Å². The summed E-state index contributed by atoms with van der Waals surface area (Å²) in [7, 11) is 0. The Labute approximate surface area is 88.8 Å². The SMILES string of the molecule is O=C(CC1CCSCC1)NCCCl. The molecule has 1 rings (SSSR count). The first-order valence-corrected chi connectivity index (χ1v) is 6.42. The van der Waals surface area contributed by atoms with Gasteiger partial charge in [-0.05, 0) is 30.3 Å². The van der Waals surface area contributed by atoms with E-state index in [1.54, 1.807) is 0 Å². The van der Waals surface area contributed by atoms with Crippen molar-refractivity contribution < 1.29 is 4.79 Å². The Hall–Kier alpha value is 0.110. The number of hydrogen-bond donors (Lipinski definition) is 1. The number of nitrogens with one attached hydrogen (secondary N) is 1. The summed E-state index contributed by atoms with van der Waals surface area (Å²) in [6.45, 7) is 0.599. The van der Waals surface area contributed by atoms with E-state index in [-0.39, 0.29) is 5.91 Å². The van der Waals surface area contributed by atoms with E-state index in [1.807, 2.05) is 11.8 Å². The van der Waals surface area contributed by atoms with Gasteiger partial charge < -0.3 is 5.32 Å². The minimum absolute atomic E-state index is 0.164. The molecule has 13 heavy (non-hydrogen) atoms. The average Bonchev–Trinajstić information content (AvgIpc) is 2.16. The van der Waals surface area contributed by atoms with Crippen LogP contribution in [0.4, 0.5) is 0 Å². The quantitative estimate of drug-likeness (QED) is 0.735. The molecule has 0 aromatic heterocycles. The minimum atomic E-state index is 0.164. The van der Waals surface area contributed by atoms with Gasteiger partial charge in [-0.25, -0.2) is 0 Å². The smallest absolute Gasteiger partial charge is 0.220 e. The van der Waals surface area contributed by atoms with Crippen molar-refractivity contribution >= 4 is 29.3 Å². The summed E-state index contributed by atoms with van der Waals surface area (Å²) in [6, 6.07) is 0. The lowest BCUT2D eigenvalue weighted by atomic mass is 9.98. The molecule has 0 saturated carbocycles. The fourth-order valence-electron chi connectivity index (χ4n) is 1.47. The molecule has 1 fully saturated rings. The van der Waals surface area contributed by atoms with Crippen molar-refractivity contribution in [2.24, 2.45) is 5.92 Å². The van der Waals surface area contributed by atoms with Crippen molar-refractivity contribution in [3.05, 3.63) is 0 Å². The fourth-order valence-corrected chi connectivity index (χ4v) is 2.77. The summed E-state index contributed by atoms with van der Waals surface area (Å²) in [5.41, 5.74) is 0. The Morgan fingerprint density at radius 1 is 1.46 bits per heavy atom. The average molecular weight is 222 g/mol. The van der Waals surface area contributed by atoms with Crippen LogP contribution in [-0.2, 0) is 4.79 Å². The molecule has 0 atom stereocenters. The molecule has 2 nitrogen and oxygen atoms in total. The summed E-state index contributed by atoms with van der Waals surface area (Å²) in [6.07, 6.45) is 3.08. The second-order valence-corrected chi connectivity index (χ2v) is 4.90. The summed E-state index contributed by atoms with van der Waals surface area (Å²) >= 11 is 7.46. The molecule has 0 radical (unpaired) electrons. The van der Waals surface area contributed by atoms with Gasteiger partial charge in [-0.3, -0.25) is 4.79 Å². The number of carbonyl (C=O) groups excluding carboxylic acids is 1. The highest BCUT2D eigenvalue weighted by atomic mass is 35.5. The number of hydrogen-bond acceptors (Lipinski definition) is 2. The Kier molecular flexibility index (Phi) is 5.63. The number of halogens is 1. The van der Waals surface area contributed by atoms with Crippen molar-refractivity contribution in [2.75, 3.05) is 23.9 Å². The Morgan fingerprint density at radius 3 is 2.77 bits per heavy atom. The molecular formula is C9H16ClNOS. The van der Waals surface area contributed by atoms with Gasteiger partial charge in [0, 0.05) is 18.8 Å². The maximum Gasteiger partial charge on any atom is 0.220 e. The zero-order valence-electron chi connectivity index (χ0n) is 7.72. The molecule has 0 spiro atoms. The second kappa shape index (κ2) is 6.55. The third-order valence-electron chi connectivity index (χ3n) is 2.23. The van der Waals surface area contributed by atoms with Crippen molar-refractivity contribution in [1.82, 2.24) is 5.32 Å². The number of rotatable bonds is 4. The van der Waals surface area contributed by atoms with E-state index in [4.69, 9.17) is 11.6 Å².